The molecule has 1 aromatic carbocycles. The van der Waals surface area contributed by atoms with Gasteiger partial charge in [-0.15, -0.1) is 0 Å². The Bertz CT molecular complexity index is 574. The van der Waals surface area contributed by atoms with Gasteiger partial charge in [0.1, 0.15) is 0 Å². The Morgan fingerprint density at radius 2 is 2.16 bits per heavy atom. The van der Waals surface area contributed by atoms with E-state index in [1.54, 1.807) is 6.20 Å². The van der Waals surface area contributed by atoms with Gasteiger partial charge in [0.05, 0.1) is 6.04 Å². The highest BCUT2D eigenvalue weighted by molar-refractivity contribution is 9.10. The van der Waals surface area contributed by atoms with E-state index < -0.39 is 0 Å². The predicted molar refractivity (Wildman–Crippen MR) is 81.9 cm³/mol. The van der Waals surface area contributed by atoms with Crippen LogP contribution in [0.3, 0.4) is 0 Å². The molecule has 0 aliphatic rings. The molecule has 1 heterocycles. The minimum absolute atomic E-state index is 0.0343. The number of nitrogens with two attached hydrogens (primary N) is 1. The molecule has 2 aromatic rings. The van der Waals surface area contributed by atoms with Gasteiger partial charge in [0.15, 0.2) is 0 Å². The molecule has 0 fully saturated rings. The quantitative estimate of drug-likeness (QED) is 0.661. The van der Waals surface area contributed by atoms with E-state index in [2.05, 4.69) is 32.4 Å². The Morgan fingerprint density at radius 1 is 1.37 bits per heavy atom. The molecule has 1 aromatic heterocycles. The fourth-order valence-electron chi connectivity index (χ4n) is 1.96. The third-order valence-electron chi connectivity index (χ3n) is 2.99. The fraction of sp³-hybridized carbons (Fsp3) is 0.214. The van der Waals surface area contributed by atoms with Crippen LogP contribution < -0.4 is 11.3 Å². The van der Waals surface area contributed by atoms with Gasteiger partial charge in [-0.3, -0.25) is 16.3 Å². The molecule has 19 heavy (non-hydrogen) atoms. The lowest BCUT2D eigenvalue weighted by molar-refractivity contribution is 0.551. The number of halogens is 2. The van der Waals surface area contributed by atoms with Gasteiger partial charge >= 0.3 is 0 Å². The third kappa shape index (κ3) is 3.76. The highest BCUT2D eigenvalue weighted by Gasteiger charge is 2.12. The zero-order valence-corrected chi connectivity index (χ0v) is 12.9. The Hall–Kier alpha value is -0.940. The second-order valence-corrected chi connectivity index (χ2v) is 5.77. The van der Waals surface area contributed by atoms with Crippen molar-refractivity contribution < 1.29 is 0 Å². The molecule has 0 saturated carbocycles. The van der Waals surface area contributed by atoms with Crippen molar-refractivity contribution in [2.75, 3.05) is 0 Å². The van der Waals surface area contributed by atoms with E-state index in [0.717, 1.165) is 32.6 Å². The van der Waals surface area contributed by atoms with Crippen molar-refractivity contribution in [3.8, 4) is 0 Å². The van der Waals surface area contributed by atoms with E-state index in [4.69, 9.17) is 17.4 Å². The minimum Gasteiger partial charge on any atom is -0.271 e. The maximum Gasteiger partial charge on any atom is 0.0500 e. The Morgan fingerprint density at radius 3 is 2.79 bits per heavy atom. The lowest BCUT2D eigenvalue weighted by Crippen LogP contribution is -2.29. The van der Waals surface area contributed by atoms with Crippen molar-refractivity contribution in [2.45, 2.75) is 19.4 Å². The first-order valence-corrected chi connectivity index (χ1v) is 7.09. The first kappa shape index (κ1) is 14.5. The van der Waals surface area contributed by atoms with Crippen LogP contribution in [0.4, 0.5) is 0 Å². The molecule has 0 aliphatic heterocycles. The lowest BCUT2D eigenvalue weighted by atomic mass is 9.99. The summed E-state index contributed by atoms with van der Waals surface area (Å²) < 4.78 is 0.966. The molecule has 1 unspecified atom stereocenters. The summed E-state index contributed by atoms with van der Waals surface area (Å²) >= 11 is 9.46. The number of benzene rings is 1. The van der Waals surface area contributed by atoms with Crippen molar-refractivity contribution in [3.63, 3.8) is 0 Å². The summed E-state index contributed by atoms with van der Waals surface area (Å²) in [5.41, 5.74) is 6.13. The average Bonchev–Trinajstić information content (AvgIpc) is 2.39. The lowest BCUT2D eigenvalue weighted by Gasteiger charge is -2.17. The molecule has 0 aliphatic carbocycles. The number of aromatic nitrogens is 1. The molecule has 3 nitrogen and oxygen atoms in total. The van der Waals surface area contributed by atoms with Crippen LogP contribution >= 0.6 is 27.5 Å². The van der Waals surface area contributed by atoms with Gasteiger partial charge in [0.25, 0.3) is 0 Å². The number of hydrazine groups is 1. The standard InChI is InChI=1S/C14H15BrClN3/c1-9-4-11(2-3-13(9)16)14(19-17)6-10-5-12(15)8-18-7-10/h2-5,7-8,14,19H,6,17H2,1H3. The molecule has 1 atom stereocenters. The van der Waals surface area contributed by atoms with Gasteiger partial charge in [-0.1, -0.05) is 23.7 Å². The zero-order valence-electron chi connectivity index (χ0n) is 10.5. The maximum absolute atomic E-state index is 6.04. The molecule has 0 saturated heterocycles. The molecule has 0 spiro atoms. The van der Waals surface area contributed by atoms with Gasteiger partial charge in [-0.2, -0.15) is 0 Å². The molecule has 100 valence electrons. The van der Waals surface area contributed by atoms with E-state index >= 15 is 0 Å². The second kappa shape index (κ2) is 6.48. The van der Waals surface area contributed by atoms with Gasteiger partial charge in [0, 0.05) is 21.9 Å². The minimum atomic E-state index is 0.0343. The molecule has 0 radical (unpaired) electrons. The summed E-state index contributed by atoms with van der Waals surface area (Å²) in [7, 11) is 0. The molecule has 0 bridgehead atoms. The second-order valence-electron chi connectivity index (χ2n) is 4.44. The van der Waals surface area contributed by atoms with E-state index in [-0.39, 0.29) is 6.04 Å². The van der Waals surface area contributed by atoms with E-state index in [1.807, 2.05) is 31.3 Å². The fourth-order valence-corrected chi connectivity index (χ4v) is 2.49. The molecule has 2 rings (SSSR count). The smallest absolute Gasteiger partial charge is 0.0500 e. The van der Waals surface area contributed by atoms with Crippen LogP contribution in [0.1, 0.15) is 22.7 Å². The monoisotopic (exact) mass is 339 g/mol. The van der Waals surface area contributed by atoms with Crippen LogP contribution in [0.5, 0.6) is 0 Å². The normalized spacial score (nSPS) is 12.4. The summed E-state index contributed by atoms with van der Waals surface area (Å²) in [5.74, 6) is 5.66. The van der Waals surface area contributed by atoms with Crippen LogP contribution in [-0.4, -0.2) is 4.98 Å². The first-order valence-electron chi connectivity index (χ1n) is 5.91. The number of pyridine rings is 1. The average molecular weight is 341 g/mol. The predicted octanol–water partition coefficient (Wildman–Crippen LogP) is 3.55. The Labute approximate surface area is 126 Å². The van der Waals surface area contributed by atoms with Crippen LogP contribution in [0.15, 0.2) is 41.1 Å². The SMILES string of the molecule is Cc1cc(C(Cc2cncc(Br)c2)NN)ccc1Cl. The van der Waals surface area contributed by atoms with Crippen molar-refractivity contribution in [1.29, 1.82) is 0 Å². The first-order chi connectivity index (χ1) is 9.10. The maximum atomic E-state index is 6.04. The van der Waals surface area contributed by atoms with Crippen LogP contribution in [-0.2, 0) is 6.42 Å². The van der Waals surface area contributed by atoms with Crippen LogP contribution in [0, 0.1) is 6.92 Å². The molecule has 0 amide bonds. The summed E-state index contributed by atoms with van der Waals surface area (Å²) in [5, 5.41) is 0.767. The number of aryl methyl sites for hydroxylation is 1. The largest absolute Gasteiger partial charge is 0.271 e. The van der Waals surface area contributed by atoms with Crippen molar-refractivity contribution >= 4 is 27.5 Å². The molecular weight excluding hydrogens is 326 g/mol. The van der Waals surface area contributed by atoms with Crippen molar-refractivity contribution in [2.24, 2.45) is 5.84 Å². The van der Waals surface area contributed by atoms with Gasteiger partial charge in [-0.25, -0.2) is 0 Å². The Balaban J connectivity index is 2.22. The molecule has 5 heteroatoms. The summed E-state index contributed by atoms with van der Waals surface area (Å²) in [6, 6.07) is 8.02. The highest BCUT2D eigenvalue weighted by atomic mass is 79.9. The van der Waals surface area contributed by atoms with Crippen LogP contribution in [0.2, 0.25) is 5.02 Å². The third-order valence-corrected chi connectivity index (χ3v) is 3.84. The number of rotatable bonds is 4. The van der Waals surface area contributed by atoms with Crippen molar-refractivity contribution in [3.05, 3.63) is 62.8 Å². The molecular formula is C14H15BrClN3. The summed E-state index contributed by atoms with van der Waals surface area (Å²) in [4.78, 5) is 4.16. The summed E-state index contributed by atoms with van der Waals surface area (Å²) in [6.07, 6.45) is 4.38. The van der Waals surface area contributed by atoms with E-state index in [0.29, 0.717) is 0 Å². The number of nitrogens with zero attached hydrogens (tertiary/aromatic N) is 1. The van der Waals surface area contributed by atoms with E-state index in [1.165, 1.54) is 0 Å². The van der Waals surface area contributed by atoms with Gasteiger partial charge in [0.2, 0.25) is 0 Å². The number of nitrogens with one attached hydrogen (secondary N) is 1. The van der Waals surface area contributed by atoms with Gasteiger partial charge in [-0.05, 0) is 58.1 Å². The Kier molecular flexibility index (Phi) is 4.93. The highest BCUT2D eigenvalue weighted by Crippen LogP contribution is 2.23. The van der Waals surface area contributed by atoms with Crippen LogP contribution in [0.25, 0.3) is 0 Å². The number of hydrogen-bond donors (Lipinski definition) is 2. The van der Waals surface area contributed by atoms with E-state index in [9.17, 15) is 0 Å². The van der Waals surface area contributed by atoms with Gasteiger partial charge < -0.3 is 0 Å². The van der Waals surface area contributed by atoms with Crippen molar-refractivity contribution in [1.82, 2.24) is 10.4 Å². The zero-order chi connectivity index (χ0) is 13.8. The number of hydrogen-bond acceptors (Lipinski definition) is 3. The topological polar surface area (TPSA) is 50.9 Å². The summed E-state index contributed by atoms with van der Waals surface area (Å²) in [6.45, 7) is 1.99. The molecule has 3 N–H and O–H groups in total.